The van der Waals surface area contributed by atoms with Crippen LogP contribution >= 0.6 is 11.3 Å². The lowest BCUT2D eigenvalue weighted by Gasteiger charge is -2.37. The number of piperazine rings is 1. The van der Waals surface area contributed by atoms with Crippen LogP contribution in [0.5, 0.6) is 0 Å². The summed E-state index contributed by atoms with van der Waals surface area (Å²) in [6, 6.07) is 17.7. The predicted octanol–water partition coefficient (Wildman–Crippen LogP) is 4.24. The average molecular weight is 494 g/mol. The van der Waals surface area contributed by atoms with Gasteiger partial charge in [-0.2, -0.15) is 0 Å². The van der Waals surface area contributed by atoms with Crippen molar-refractivity contribution in [2.45, 2.75) is 0 Å². The van der Waals surface area contributed by atoms with Crippen LogP contribution in [-0.2, 0) is 0 Å². The van der Waals surface area contributed by atoms with E-state index in [9.17, 15) is 4.79 Å². The monoisotopic (exact) mass is 493 g/mol. The number of primary amides is 1. The van der Waals surface area contributed by atoms with E-state index in [0.717, 1.165) is 45.8 Å². The molecule has 0 unspecified atom stereocenters. The Bertz CT molecular complexity index is 1530. The second-order valence-electron chi connectivity index (χ2n) is 8.52. The lowest BCUT2D eigenvalue weighted by Crippen LogP contribution is -2.47. The summed E-state index contributed by atoms with van der Waals surface area (Å²) in [5.41, 5.74) is 9.19. The normalized spacial score (nSPS) is 13.8. The maximum atomic E-state index is 11.9. The van der Waals surface area contributed by atoms with E-state index in [0.29, 0.717) is 30.3 Å². The zero-order chi connectivity index (χ0) is 24.5. The number of fused-ring (bicyclic) bond motifs is 1. The summed E-state index contributed by atoms with van der Waals surface area (Å²) in [6.07, 6.45) is 5.24. The number of hydrogen-bond donors (Lipinski definition) is 1. The molecule has 0 radical (unpaired) electrons. The lowest BCUT2D eigenvalue weighted by atomic mass is 10.1. The van der Waals surface area contributed by atoms with Gasteiger partial charge in [0.15, 0.2) is 5.82 Å². The van der Waals surface area contributed by atoms with Crippen LogP contribution in [0.4, 0.5) is 11.6 Å². The number of nitrogens with two attached hydrogens (primary N) is 1. The van der Waals surface area contributed by atoms with E-state index in [-0.39, 0.29) is 0 Å². The minimum absolute atomic E-state index is 0.443. The van der Waals surface area contributed by atoms with Crippen LogP contribution in [0.15, 0.2) is 78.6 Å². The van der Waals surface area contributed by atoms with Gasteiger partial charge in [0.1, 0.15) is 16.5 Å². The molecule has 4 aromatic heterocycles. The van der Waals surface area contributed by atoms with Gasteiger partial charge in [-0.1, -0.05) is 30.3 Å². The molecule has 0 spiro atoms. The largest absolute Gasteiger partial charge is 0.365 e. The Hall–Kier alpha value is -4.37. The number of anilines is 2. The molecular weight excluding hydrogens is 470 g/mol. The quantitative estimate of drug-likeness (QED) is 0.391. The highest BCUT2D eigenvalue weighted by molar-refractivity contribution is 7.17. The SMILES string of the molecule is NC(=O)c1cccnc1N1CCN(c2nc(-c3cccnc3)nc3scc(-c4ccccc4)c23)CC1. The van der Waals surface area contributed by atoms with Gasteiger partial charge in [0.2, 0.25) is 0 Å². The number of carbonyl (C=O) groups is 1. The van der Waals surface area contributed by atoms with Gasteiger partial charge in [-0.25, -0.2) is 15.0 Å². The fraction of sp³-hybridized carbons (Fsp3) is 0.148. The summed E-state index contributed by atoms with van der Waals surface area (Å²) in [5, 5.41) is 3.22. The molecule has 1 aliphatic rings. The highest BCUT2D eigenvalue weighted by atomic mass is 32.1. The van der Waals surface area contributed by atoms with Crippen LogP contribution in [-0.4, -0.2) is 52.0 Å². The van der Waals surface area contributed by atoms with Crippen LogP contribution in [0.2, 0.25) is 0 Å². The molecule has 0 aliphatic carbocycles. The van der Waals surface area contributed by atoms with Crippen LogP contribution in [0, 0.1) is 0 Å². The van der Waals surface area contributed by atoms with Crippen LogP contribution in [0.1, 0.15) is 10.4 Å². The van der Waals surface area contributed by atoms with E-state index < -0.39 is 5.91 Å². The first-order valence-corrected chi connectivity index (χ1v) is 12.6. The molecule has 1 fully saturated rings. The number of carbonyl (C=O) groups excluding carboxylic acids is 1. The molecule has 0 saturated carbocycles. The van der Waals surface area contributed by atoms with E-state index >= 15 is 0 Å². The third kappa shape index (κ3) is 4.03. The molecule has 2 N–H and O–H groups in total. The number of rotatable bonds is 5. The first kappa shape index (κ1) is 22.1. The number of hydrogen-bond acceptors (Lipinski definition) is 8. The number of nitrogens with zero attached hydrogens (tertiary/aromatic N) is 6. The van der Waals surface area contributed by atoms with Crippen LogP contribution in [0.25, 0.3) is 32.7 Å². The van der Waals surface area contributed by atoms with Crippen molar-refractivity contribution in [2.24, 2.45) is 5.73 Å². The number of thiophene rings is 1. The van der Waals surface area contributed by atoms with Crippen molar-refractivity contribution in [3.63, 3.8) is 0 Å². The molecule has 1 aliphatic heterocycles. The van der Waals surface area contributed by atoms with Gasteiger partial charge in [0.25, 0.3) is 5.91 Å². The topological polar surface area (TPSA) is 101 Å². The summed E-state index contributed by atoms with van der Waals surface area (Å²) in [5.74, 6) is 1.74. The Kier molecular flexibility index (Phi) is 5.74. The van der Waals surface area contributed by atoms with E-state index in [4.69, 9.17) is 15.7 Å². The van der Waals surface area contributed by atoms with Crippen molar-refractivity contribution in [3.05, 3.63) is 84.1 Å². The maximum absolute atomic E-state index is 11.9. The second-order valence-corrected chi connectivity index (χ2v) is 9.38. The molecular formula is C27H23N7OS. The molecule has 1 aromatic carbocycles. The van der Waals surface area contributed by atoms with Crippen LogP contribution < -0.4 is 15.5 Å². The van der Waals surface area contributed by atoms with Crippen molar-refractivity contribution in [1.82, 2.24) is 19.9 Å². The van der Waals surface area contributed by atoms with E-state index in [2.05, 4.69) is 37.3 Å². The summed E-state index contributed by atoms with van der Waals surface area (Å²) in [7, 11) is 0. The van der Waals surface area contributed by atoms with Gasteiger partial charge in [0, 0.05) is 61.3 Å². The van der Waals surface area contributed by atoms with E-state index in [1.54, 1.807) is 42.1 Å². The Morgan fingerprint density at radius 1 is 0.833 bits per heavy atom. The van der Waals surface area contributed by atoms with E-state index in [1.165, 1.54) is 0 Å². The van der Waals surface area contributed by atoms with Crippen LogP contribution in [0.3, 0.4) is 0 Å². The molecule has 5 aromatic rings. The molecule has 6 rings (SSSR count). The third-order valence-corrected chi connectivity index (χ3v) is 7.22. The molecule has 1 amide bonds. The smallest absolute Gasteiger partial charge is 0.252 e. The fourth-order valence-electron chi connectivity index (χ4n) is 4.58. The van der Waals surface area contributed by atoms with Gasteiger partial charge < -0.3 is 15.5 Å². The highest BCUT2D eigenvalue weighted by Gasteiger charge is 2.26. The van der Waals surface area contributed by atoms with Gasteiger partial charge >= 0.3 is 0 Å². The molecule has 0 bridgehead atoms. The van der Waals surface area contributed by atoms with Gasteiger partial charge in [-0.3, -0.25) is 9.78 Å². The van der Waals surface area contributed by atoms with Crippen molar-refractivity contribution in [2.75, 3.05) is 36.0 Å². The summed E-state index contributed by atoms with van der Waals surface area (Å²) in [6.45, 7) is 2.82. The standard InChI is InChI=1S/C27H23N7OS/c28-23(35)20-9-5-11-30-25(20)33-12-14-34(15-13-33)26-22-21(18-6-2-1-3-7-18)17-36-27(22)32-24(31-26)19-8-4-10-29-16-19/h1-11,16-17H,12-15H2,(H2,28,35). The first-order chi connectivity index (χ1) is 17.7. The predicted molar refractivity (Wildman–Crippen MR) is 143 cm³/mol. The number of amides is 1. The van der Waals surface area contributed by atoms with Gasteiger partial charge in [-0.05, 0) is 29.8 Å². The molecule has 9 heteroatoms. The number of benzene rings is 1. The van der Waals surface area contributed by atoms with Crippen molar-refractivity contribution in [1.29, 1.82) is 0 Å². The first-order valence-electron chi connectivity index (χ1n) is 11.7. The van der Waals surface area contributed by atoms with Gasteiger partial charge in [0.05, 0.1) is 10.9 Å². The molecule has 8 nitrogen and oxygen atoms in total. The summed E-state index contributed by atoms with van der Waals surface area (Å²) < 4.78 is 0. The third-order valence-electron chi connectivity index (χ3n) is 6.35. The van der Waals surface area contributed by atoms with Crippen molar-refractivity contribution >= 4 is 39.1 Å². The second kappa shape index (κ2) is 9.35. The number of pyridine rings is 2. The Balaban J connectivity index is 1.40. The minimum Gasteiger partial charge on any atom is -0.365 e. The maximum Gasteiger partial charge on any atom is 0.252 e. The molecule has 5 heterocycles. The fourth-order valence-corrected chi connectivity index (χ4v) is 5.52. The van der Waals surface area contributed by atoms with Gasteiger partial charge in [-0.15, -0.1) is 11.3 Å². The average Bonchev–Trinajstić information content (AvgIpc) is 3.38. The lowest BCUT2D eigenvalue weighted by molar-refractivity contribution is 0.100. The molecule has 178 valence electrons. The zero-order valence-electron chi connectivity index (χ0n) is 19.4. The van der Waals surface area contributed by atoms with E-state index in [1.807, 2.05) is 30.3 Å². The Morgan fingerprint density at radius 2 is 1.56 bits per heavy atom. The Labute approximate surface area is 212 Å². The minimum atomic E-state index is -0.468. The Morgan fingerprint density at radius 3 is 2.28 bits per heavy atom. The van der Waals surface area contributed by atoms with Crippen molar-refractivity contribution in [3.8, 4) is 22.5 Å². The molecule has 36 heavy (non-hydrogen) atoms. The summed E-state index contributed by atoms with van der Waals surface area (Å²) in [4.78, 5) is 36.0. The van der Waals surface area contributed by atoms with Crippen molar-refractivity contribution < 1.29 is 4.79 Å². The number of aromatic nitrogens is 4. The molecule has 0 atom stereocenters. The molecule has 1 saturated heterocycles. The summed E-state index contributed by atoms with van der Waals surface area (Å²) >= 11 is 1.63. The zero-order valence-corrected chi connectivity index (χ0v) is 20.2. The highest BCUT2D eigenvalue weighted by Crippen LogP contribution is 2.39.